The lowest BCUT2D eigenvalue weighted by Crippen LogP contribution is -1.96. The molecule has 0 radical (unpaired) electrons. The predicted molar refractivity (Wildman–Crippen MR) is 108 cm³/mol. The molecule has 0 aliphatic heterocycles. The van der Waals surface area contributed by atoms with Crippen LogP contribution in [-0.2, 0) is 0 Å². The second kappa shape index (κ2) is 6.93. The van der Waals surface area contributed by atoms with E-state index in [1.807, 2.05) is 36.4 Å². The Morgan fingerprint density at radius 3 is 1.58 bits per heavy atom. The lowest BCUT2D eigenvalue weighted by atomic mass is 10.0. The molecule has 26 heavy (non-hydrogen) atoms. The first-order valence-corrected chi connectivity index (χ1v) is 8.78. The van der Waals surface area contributed by atoms with E-state index in [-0.39, 0.29) is 0 Å². The second-order valence-corrected chi connectivity index (χ2v) is 6.57. The Kier molecular flexibility index (Phi) is 4.32. The molecule has 0 saturated carbocycles. The number of hydrogen-bond donors (Lipinski definition) is 0. The van der Waals surface area contributed by atoms with Gasteiger partial charge in [-0.25, -0.2) is 9.97 Å². The van der Waals surface area contributed by atoms with Crippen molar-refractivity contribution in [2.75, 3.05) is 0 Å². The summed E-state index contributed by atoms with van der Waals surface area (Å²) in [6.45, 7) is 4.24. The third-order valence-corrected chi connectivity index (χ3v) is 4.35. The van der Waals surface area contributed by atoms with Crippen LogP contribution in [0.1, 0.15) is 11.1 Å². The van der Waals surface area contributed by atoms with E-state index in [0.29, 0.717) is 0 Å². The molecule has 2 nitrogen and oxygen atoms in total. The molecule has 0 fully saturated rings. The minimum atomic E-state index is 0.751. The van der Waals surface area contributed by atoms with Gasteiger partial charge in [-0.15, -0.1) is 0 Å². The van der Waals surface area contributed by atoms with E-state index in [2.05, 4.69) is 62.4 Å². The normalized spacial score (nSPS) is 10.7. The van der Waals surface area contributed by atoms with Crippen molar-refractivity contribution in [2.45, 2.75) is 13.8 Å². The minimum absolute atomic E-state index is 0.751. The molecule has 0 N–H and O–H groups in total. The highest BCUT2D eigenvalue weighted by Gasteiger charge is 2.10. The largest absolute Gasteiger partial charge is 0.228 e. The summed E-state index contributed by atoms with van der Waals surface area (Å²) in [6, 6.07) is 29.0. The van der Waals surface area contributed by atoms with E-state index >= 15 is 0 Å². The number of aryl methyl sites for hydroxylation is 2. The van der Waals surface area contributed by atoms with Gasteiger partial charge in [-0.2, -0.15) is 0 Å². The Labute approximate surface area is 154 Å². The highest BCUT2D eigenvalue weighted by Crippen LogP contribution is 2.28. The van der Waals surface area contributed by atoms with Gasteiger partial charge in [0.25, 0.3) is 0 Å². The SMILES string of the molecule is Cc1cc(C)cc(-c2cc(-c3ccccc3)nc(-c3ccccc3)n2)c1. The van der Waals surface area contributed by atoms with Gasteiger partial charge in [-0.3, -0.25) is 0 Å². The van der Waals surface area contributed by atoms with E-state index in [9.17, 15) is 0 Å². The fraction of sp³-hybridized carbons (Fsp3) is 0.0833. The molecule has 0 saturated heterocycles. The van der Waals surface area contributed by atoms with Crippen LogP contribution >= 0.6 is 0 Å². The molecule has 1 aromatic heterocycles. The zero-order valence-electron chi connectivity index (χ0n) is 15.0. The van der Waals surface area contributed by atoms with Crippen LogP contribution in [0, 0.1) is 13.8 Å². The highest BCUT2D eigenvalue weighted by molar-refractivity contribution is 5.72. The Hall–Kier alpha value is -3.26. The second-order valence-electron chi connectivity index (χ2n) is 6.57. The first kappa shape index (κ1) is 16.2. The van der Waals surface area contributed by atoms with Crippen LogP contribution in [0.15, 0.2) is 84.9 Å². The van der Waals surface area contributed by atoms with Gasteiger partial charge in [-0.1, -0.05) is 77.9 Å². The monoisotopic (exact) mass is 336 g/mol. The number of aromatic nitrogens is 2. The van der Waals surface area contributed by atoms with Gasteiger partial charge in [-0.05, 0) is 32.0 Å². The molecule has 0 amide bonds. The third kappa shape index (κ3) is 3.40. The van der Waals surface area contributed by atoms with Crippen LogP contribution in [-0.4, -0.2) is 9.97 Å². The summed E-state index contributed by atoms with van der Waals surface area (Å²) < 4.78 is 0. The Balaban J connectivity index is 1.93. The number of rotatable bonds is 3. The average Bonchev–Trinajstić information content (AvgIpc) is 2.68. The van der Waals surface area contributed by atoms with Crippen molar-refractivity contribution in [1.29, 1.82) is 0 Å². The fourth-order valence-corrected chi connectivity index (χ4v) is 3.19. The van der Waals surface area contributed by atoms with Crippen molar-refractivity contribution >= 4 is 0 Å². The van der Waals surface area contributed by atoms with Gasteiger partial charge in [0.2, 0.25) is 0 Å². The van der Waals surface area contributed by atoms with Gasteiger partial charge in [0, 0.05) is 16.7 Å². The van der Waals surface area contributed by atoms with E-state index in [1.165, 1.54) is 11.1 Å². The van der Waals surface area contributed by atoms with Crippen LogP contribution in [0.25, 0.3) is 33.9 Å². The van der Waals surface area contributed by atoms with Gasteiger partial charge in [0.05, 0.1) is 11.4 Å². The molecule has 2 heteroatoms. The van der Waals surface area contributed by atoms with Gasteiger partial charge < -0.3 is 0 Å². The molecule has 4 aromatic rings. The topological polar surface area (TPSA) is 25.8 Å². The molecule has 4 rings (SSSR count). The number of benzene rings is 3. The summed E-state index contributed by atoms with van der Waals surface area (Å²) in [5.41, 5.74) is 7.60. The van der Waals surface area contributed by atoms with E-state index < -0.39 is 0 Å². The quantitative estimate of drug-likeness (QED) is 0.452. The molecular formula is C24H20N2. The standard InChI is InChI=1S/C24H20N2/c1-17-13-18(2)15-21(14-17)23-16-22(19-9-5-3-6-10-19)25-24(26-23)20-11-7-4-8-12-20/h3-16H,1-2H3. The minimum Gasteiger partial charge on any atom is -0.228 e. The van der Waals surface area contributed by atoms with E-state index in [1.54, 1.807) is 0 Å². The van der Waals surface area contributed by atoms with Crippen molar-refractivity contribution in [3.05, 3.63) is 96.1 Å². The average molecular weight is 336 g/mol. The van der Waals surface area contributed by atoms with Crippen molar-refractivity contribution in [2.24, 2.45) is 0 Å². The molecule has 126 valence electrons. The third-order valence-electron chi connectivity index (χ3n) is 4.35. The van der Waals surface area contributed by atoms with Crippen molar-refractivity contribution in [3.63, 3.8) is 0 Å². The molecule has 0 bridgehead atoms. The molecule has 0 unspecified atom stereocenters. The first-order valence-electron chi connectivity index (χ1n) is 8.78. The van der Waals surface area contributed by atoms with Crippen molar-refractivity contribution < 1.29 is 0 Å². The highest BCUT2D eigenvalue weighted by atomic mass is 14.9. The zero-order chi connectivity index (χ0) is 17.9. The smallest absolute Gasteiger partial charge is 0.160 e. The lowest BCUT2D eigenvalue weighted by molar-refractivity contribution is 1.18. The number of nitrogens with zero attached hydrogens (tertiary/aromatic N) is 2. The van der Waals surface area contributed by atoms with Crippen LogP contribution in [0.5, 0.6) is 0 Å². The van der Waals surface area contributed by atoms with Crippen LogP contribution in [0.3, 0.4) is 0 Å². The summed E-state index contributed by atoms with van der Waals surface area (Å²) in [4.78, 5) is 9.70. The first-order chi connectivity index (χ1) is 12.7. The molecule has 0 aliphatic carbocycles. The maximum atomic E-state index is 4.87. The van der Waals surface area contributed by atoms with Crippen molar-refractivity contribution in [1.82, 2.24) is 9.97 Å². The van der Waals surface area contributed by atoms with Gasteiger partial charge in [0.1, 0.15) is 0 Å². The lowest BCUT2D eigenvalue weighted by Gasteiger charge is -2.10. The molecule has 3 aromatic carbocycles. The summed E-state index contributed by atoms with van der Waals surface area (Å²) in [7, 11) is 0. The predicted octanol–water partition coefficient (Wildman–Crippen LogP) is 6.09. The Bertz CT molecular complexity index is 960. The van der Waals surface area contributed by atoms with Gasteiger partial charge >= 0.3 is 0 Å². The summed E-state index contributed by atoms with van der Waals surface area (Å²) in [6.07, 6.45) is 0. The summed E-state index contributed by atoms with van der Waals surface area (Å²) in [5.74, 6) is 0.751. The van der Waals surface area contributed by atoms with Crippen LogP contribution < -0.4 is 0 Å². The van der Waals surface area contributed by atoms with E-state index in [0.717, 1.165) is 33.9 Å². The summed E-state index contributed by atoms with van der Waals surface area (Å²) >= 11 is 0. The van der Waals surface area contributed by atoms with Crippen LogP contribution in [0.4, 0.5) is 0 Å². The zero-order valence-corrected chi connectivity index (χ0v) is 15.0. The summed E-state index contributed by atoms with van der Waals surface area (Å²) in [5, 5.41) is 0. The molecule has 0 atom stereocenters. The van der Waals surface area contributed by atoms with Gasteiger partial charge in [0.15, 0.2) is 5.82 Å². The maximum Gasteiger partial charge on any atom is 0.160 e. The molecular weight excluding hydrogens is 316 g/mol. The number of hydrogen-bond acceptors (Lipinski definition) is 2. The molecule has 1 heterocycles. The molecule has 0 aliphatic rings. The van der Waals surface area contributed by atoms with E-state index in [4.69, 9.17) is 9.97 Å². The van der Waals surface area contributed by atoms with Crippen molar-refractivity contribution in [3.8, 4) is 33.9 Å². The fourth-order valence-electron chi connectivity index (χ4n) is 3.19. The molecule has 0 spiro atoms. The maximum absolute atomic E-state index is 4.87. The Morgan fingerprint density at radius 1 is 0.500 bits per heavy atom. The van der Waals surface area contributed by atoms with Crippen LogP contribution in [0.2, 0.25) is 0 Å². The Morgan fingerprint density at radius 2 is 1.00 bits per heavy atom.